The van der Waals surface area contributed by atoms with Crippen LogP contribution in [-0.4, -0.2) is 14.3 Å². The number of nitrogens with one attached hydrogen (secondary N) is 2. The van der Waals surface area contributed by atoms with Crippen molar-refractivity contribution in [3.63, 3.8) is 0 Å². The molecule has 0 bridgehead atoms. The van der Waals surface area contributed by atoms with E-state index in [1.807, 2.05) is 0 Å². The van der Waals surface area contributed by atoms with Gasteiger partial charge in [0.15, 0.2) is 4.21 Å². The number of amides is 1. The number of benzene rings is 1. The van der Waals surface area contributed by atoms with E-state index in [2.05, 4.69) is 26.0 Å². The predicted molar refractivity (Wildman–Crippen MR) is 88.3 cm³/mol. The number of aryl methyl sites for hydroxylation is 1. The van der Waals surface area contributed by atoms with Gasteiger partial charge in [0, 0.05) is 17.1 Å². The van der Waals surface area contributed by atoms with Crippen LogP contribution in [0.3, 0.4) is 0 Å². The Hall–Kier alpha value is -1.38. The van der Waals surface area contributed by atoms with Crippen molar-refractivity contribution in [1.82, 2.24) is 0 Å². The summed E-state index contributed by atoms with van der Waals surface area (Å²) >= 11 is 4.34. The molecular weight excluding hydrogens is 376 g/mol. The lowest BCUT2D eigenvalue weighted by Gasteiger charge is -2.12. The lowest BCUT2D eigenvalue weighted by Crippen LogP contribution is -2.13. The molecule has 8 heteroatoms. The molecule has 0 aliphatic carbocycles. The Morgan fingerprint density at radius 2 is 2.00 bits per heavy atom. The highest BCUT2D eigenvalue weighted by molar-refractivity contribution is 9.10. The lowest BCUT2D eigenvalue weighted by molar-refractivity contribution is -0.114. The fourth-order valence-electron chi connectivity index (χ4n) is 1.68. The minimum absolute atomic E-state index is 0.214. The first kappa shape index (κ1) is 16.0. The van der Waals surface area contributed by atoms with Gasteiger partial charge in [0.2, 0.25) is 5.91 Å². The molecule has 0 fully saturated rings. The molecule has 2 rings (SSSR count). The highest BCUT2D eigenvalue weighted by atomic mass is 79.9. The fourth-order valence-corrected chi connectivity index (χ4v) is 5.14. The summed E-state index contributed by atoms with van der Waals surface area (Å²) in [6.45, 7) is 3.19. The van der Waals surface area contributed by atoms with E-state index in [4.69, 9.17) is 0 Å². The van der Waals surface area contributed by atoms with Gasteiger partial charge in [-0.25, -0.2) is 8.42 Å². The summed E-state index contributed by atoms with van der Waals surface area (Å²) < 4.78 is 28.0. The first-order chi connectivity index (χ1) is 9.79. The van der Waals surface area contributed by atoms with Gasteiger partial charge in [-0.1, -0.05) is 6.07 Å². The standard InChI is InChI=1S/C13H13BrN2O3S2/c1-8-3-4-10(15-9(2)17)7-12(8)16-21(18,19)13-11(14)5-6-20-13/h3-7,16H,1-2H3,(H,15,17). The molecule has 5 nitrogen and oxygen atoms in total. The number of halogens is 1. The summed E-state index contributed by atoms with van der Waals surface area (Å²) in [5.74, 6) is -0.214. The van der Waals surface area contributed by atoms with Crippen molar-refractivity contribution in [2.24, 2.45) is 0 Å². The van der Waals surface area contributed by atoms with Gasteiger partial charge in [-0.15, -0.1) is 11.3 Å². The summed E-state index contributed by atoms with van der Waals surface area (Å²) in [5.41, 5.74) is 1.73. The Labute approximate surface area is 135 Å². The van der Waals surface area contributed by atoms with Crippen molar-refractivity contribution in [1.29, 1.82) is 0 Å². The maximum Gasteiger partial charge on any atom is 0.272 e. The van der Waals surface area contributed by atoms with E-state index in [0.29, 0.717) is 15.8 Å². The molecule has 1 aromatic heterocycles. The molecule has 0 aliphatic heterocycles. The zero-order chi connectivity index (χ0) is 15.6. The van der Waals surface area contributed by atoms with E-state index < -0.39 is 10.0 Å². The van der Waals surface area contributed by atoms with Crippen LogP contribution in [0.1, 0.15) is 12.5 Å². The maximum absolute atomic E-state index is 12.4. The molecule has 0 spiro atoms. The Morgan fingerprint density at radius 1 is 1.29 bits per heavy atom. The highest BCUT2D eigenvalue weighted by Crippen LogP contribution is 2.30. The smallest absolute Gasteiger partial charge is 0.272 e. The molecular formula is C13H13BrN2O3S2. The van der Waals surface area contributed by atoms with Gasteiger partial charge in [-0.2, -0.15) is 0 Å². The molecule has 0 saturated heterocycles. The SMILES string of the molecule is CC(=O)Nc1ccc(C)c(NS(=O)(=O)c2sccc2Br)c1. The molecule has 1 amide bonds. The van der Waals surface area contributed by atoms with E-state index in [9.17, 15) is 13.2 Å². The minimum atomic E-state index is -3.66. The summed E-state index contributed by atoms with van der Waals surface area (Å²) in [7, 11) is -3.66. The fraction of sp³-hybridized carbons (Fsp3) is 0.154. The number of thiophene rings is 1. The molecule has 0 aliphatic rings. The van der Waals surface area contributed by atoms with Crippen LogP contribution in [0.5, 0.6) is 0 Å². The molecule has 2 aromatic rings. The second kappa shape index (κ2) is 6.17. The summed E-state index contributed by atoms with van der Waals surface area (Å²) in [4.78, 5) is 11.1. The Bertz CT molecular complexity index is 784. The van der Waals surface area contributed by atoms with Gasteiger partial charge in [0.05, 0.1) is 5.69 Å². The Morgan fingerprint density at radius 3 is 2.57 bits per heavy atom. The quantitative estimate of drug-likeness (QED) is 0.840. The molecule has 0 unspecified atom stereocenters. The maximum atomic E-state index is 12.4. The second-order valence-corrected chi connectivity index (χ2v) is 8.02. The van der Waals surface area contributed by atoms with Gasteiger partial charge in [-0.3, -0.25) is 9.52 Å². The van der Waals surface area contributed by atoms with Crippen LogP contribution in [0.4, 0.5) is 11.4 Å². The van der Waals surface area contributed by atoms with Gasteiger partial charge >= 0.3 is 0 Å². The topological polar surface area (TPSA) is 75.3 Å². The number of anilines is 2. The van der Waals surface area contributed by atoms with Crippen molar-refractivity contribution in [2.45, 2.75) is 18.1 Å². The number of hydrogen-bond donors (Lipinski definition) is 2. The molecule has 0 saturated carbocycles. The summed E-state index contributed by atoms with van der Waals surface area (Å²) in [5, 5.41) is 4.32. The van der Waals surface area contributed by atoms with Crippen LogP contribution in [-0.2, 0) is 14.8 Å². The molecule has 0 radical (unpaired) electrons. The van der Waals surface area contributed by atoms with E-state index in [0.717, 1.165) is 16.9 Å². The van der Waals surface area contributed by atoms with Crippen LogP contribution in [0, 0.1) is 6.92 Å². The molecule has 112 valence electrons. The normalized spacial score (nSPS) is 11.2. The van der Waals surface area contributed by atoms with E-state index in [1.165, 1.54) is 6.92 Å². The molecule has 0 atom stereocenters. The van der Waals surface area contributed by atoms with E-state index in [1.54, 1.807) is 36.6 Å². The van der Waals surface area contributed by atoms with Crippen molar-refractivity contribution >= 4 is 54.6 Å². The summed E-state index contributed by atoms with van der Waals surface area (Å²) in [6.07, 6.45) is 0. The monoisotopic (exact) mass is 388 g/mol. The highest BCUT2D eigenvalue weighted by Gasteiger charge is 2.20. The van der Waals surface area contributed by atoms with E-state index >= 15 is 0 Å². The van der Waals surface area contributed by atoms with Crippen molar-refractivity contribution in [3.05, 3.63) is 39.7 Å². The van der Waals surface area contributed by atoms with Crippen molar-refractivity contribution in [2.75, 3.05) is 10.0 Å². The van der Waals surface area contributed by atoms with E-state index in [-0.39, 0.29) is 10.1 Å². The number of rotatable bonds is 4. The van der Waals surface area contributed by atoms with Gasteiger partial charge in [0.1, 0.15) is 0 Å². The Balaban J connectivity index is 2.35. The summed E-state index contributed by atoms with van der Waals surface area (Å²) in [6, 6.07) is 6.73. The molecule has 21 heavy (non-hydrogen) atoms. The van der Waals surface area contributed by atoms with Gasteiger partial charge in [-0.05, 0) is 52.0 Å². The average Bonchev–Trinajstić information content (AvgIpc) is 2.79. The van der Waals surface area contributed by atoms with Crippen LogP contribution in [0.2, 0.25) is 0 Å². The molecule has 1 aromatic carbocycles. The van der Waals surface area contributed by atoms with Gasteiger partial charge < -0.3 is 5.32 Å². The largest absolute Gasteiger partial charge is 0.326 e. The first-order valence-electron chi connectivity index (χ1n) is 5.93. The third-order valence-corrected chi connectivity index (χ3v) is 6.67. The zero-order valence-electron chi connectivity index (χ0n) is 11.3. The number of carbonyl (C=O) groups is 1. The third kappa shape index (κ3) is 3.84. The third-order valence-electron chi connectivity index (χ3n) is 2.63. The second-order valence-electron chi connectivity index (χ2n) is 4.37. The van der Waals surface area contributed by atoms with Crippen molar-refractivity contribution < 1.29 is 13.2 Å². The van der Waals surface area contributed by atoms with Crippen LogP contribution < -0.4 is 10.0 Å². The average molecular weight is 389 g/mol. The predicted octanol–water partition coefficient (Wildman–Crippen LogP) is 3.58. The first-order valence-corrected chi connectivity index (χ1v) is 9.09. The molecule has 1 heterocycles. The van der Waals surface area contributed by atoms with Crippen LogP contribution in [0.25, 0.3) is 0 Å². The van der Waals surface area contributed by atoms with Gasteiger partial charge in [0.25, 0.3) is 10.0 Å². The van der Waals surface area contributed by atoms with Crippen LogP contribution >= 0.6 is 27.3 Å². The van der Waals surface area contributed by atoms with Crippen LogP contribution in [0.15, 0.2) is 38.3 Å². The molecule has 2 N–H and O–H groups in total. The number of carbonyl (C=O) groups excluding carboxylic acids is 1. The van der Waals surface area contributed by atoms with Crippen molar-refractivity contribution in [3.8, 4) is 0 Å². The number of sulfonamides is 1. The number of hydrogen-bond acceptors (Lipinski definition) is 4. The lowest BCUT2D eigenvalue weighted by atomic mass is 10.2. The zero-order valence-corrected chi connectivity index (χ0v) is 14.5. The minimum Gasteiger partial charge on any atom is -0.326 e. The Kier molecular flexibility index (Phi) is 4.70.